The second-order valence-corrected chi connectivity index (χ2v) is 5.73. The number of aliphatic carboxylic acids is 1. The lowest BCUT2D eigenvalue weighted by Gasteiger charge is -2.17. The van der Waals surface area contributed by atoms with Crippen LogP contribution in [0.5, 0.6) is 0 Å². The molecule has 1 unspecified atom stereocenters. The zero-order valence-corrected chi connectivity index (χ0v) is 13.0. The number of carbonyl (C=O) groups is 1. The van der Waals surface area contributed by atoms with Gasteiger partial charge in [0.15, 0.2) is 11.5 Å². The minimum absolute atomic E-state index is 0.201. The maximum absolute atomic E-state index is 11.4. The number of nitrogens with zero attached hydrogens (tertiary/aromatic N) is 4. The fourth-order valence-corrected chi connectivity index (χ4v) is 2.32. The number of carboxylic acid groups (broad SMARTS) is 1. The van der Waals surface area contributed by atoms with Crippen LogP contribution in [-0.2, 0) is 4.79 Å². The molecule has 1 atom stereocenters. The second-order valence-electron chi connectivity index (χ2n) is 5.73. The third kappa shape index (κ3) is 3.74. The number of hydrogen-bond donors (Lipinski definition) is 4. The van der Waals surface area contributed by atoms with Crippen LogP contribution in [0.2, 0.25) is 0 Å². The van der Waals surface area contributed by atoms with E-state index in [0.29, 0.717) is 23.4 Å². The molecular weight excluding hydrogens is 302 g/mol. The minimum Gasteiger partial charge on any atom is -0.480 e. The highest BCUT2D eigenvalue weighted by atomic mass is 16.4. The van der Waals surface area contributed by atoms with Crippen LogP contribution < -0.4 is 5.32 Å². The van der Waals surface area contributed by atoms with Gasteiger partial charge in [-0.05, 0) is 12.3 Å². The van der Waals surface area contributed by atoms with E-state index in [1.54, 1.807) is 4.57 Å². The summed E-state index contributed by atoms with van der Waals surface area (Å²) in [5.74, 6) is -0.448. The van der Waals surface area contributed by atoms with Gasteiger partial charge < -0.3 is 25.2 Å². The quantitative estimate of drug-likeness (QED) is 0.544. The number of nitrogens with one attached hydrogen (secondary N) is 1. The van der Waals surface area contributed by atoms with Gasteiger partial charge in [-0.15, -0.1) is 0 Å². The summed E-state index contributed by atoms with van der Waals surface area (Å²) < 4.78 is 1.54. The van der Waals surface area contributed by atoms with Crippen molar-refractivity contribution < 1.29 is 20.1 Å². The van der Waals surface area contributed by atoms with Crippen LogP contribution in [0.3, 0.4) is 0 Å². The molecule has 0 saturated heterocycles. The van der Waals surface area contributed by atoms with Gasteiger partial charge in [-0.1, -0.05) is 13.8 Å². The fourth-order valence-electron chi connectivity index (χ4n) is 2.32. The second kappa shape index (κ2) is 7.34. The summed E-state index contributed by atoms with van der Waals surface area (Å²) in [4.78, 5) is 23.8. The van der Waals surface area contributed by atoms with Crippen LogP contribution in [0.1, 0.15) is 26.3 Å². The van der Waals surface area contributed by atoms with E-state index in [2.05, 4.69) is 20.3 Å². The lowest BCUT2D eigenvalue weighted by atomic mass is 10.0. The largest absolute Gasteiger partial charge is 0.480 e. The van der Waals surface area contributed by atoms with Gasteiger partial charge in [-0.3, -0.25) is 0 Å². The molecule has 2 aromatic heterocycles. The van der Waals surface area contributed by atoms with Crippen LogP contribution in [0.4, 0.5) is 5.82 Å². The first-order chi connectivity index (χ1) is 11.0. The number of fused-ring (bicyclic) bond motifs is 1. The summed E-state index contributed by atoms with van der Waals surface area (Å²) in [5, 5.41) is 30.8. The highest BCUT2D eigenvalue weighted by Gasteiger charge is 2.22. The van der Waals surface area contributed by atoms with Gasteiger partial charge in [0.25, 0.3) is 0 Å². The molecule has 0 amide bonds. The lowest BCUT2D eigenvalue weighted by molar-refractivity contribution is -0.138. The van der Waals surface area contributed by atoms with Gasteiger partial charge >= 0.3 is 5.97 Å². The molecule has 0 aliphatic carbocycles. The summed E-state index contributed by atoms with van der Waals surface area (Å²) >= 11 is 0. The number of rotatable bonds is 8. The molecule has 0 aliphatic heterocycles. The Hall–Kier alpha value is -2.26. The highest BCUT2D eigenvalue weighted by Crippen LogP contribution is 2.22. The van der Waals surface area contributed by atoms with Crippen LogP contribution in [0.15, 0.2) is 12.7 Å². The molecule has 2 heterocycles. The van der Waals surface area contributed by atoms with Crippen molar-refractivity contribution >= 4 is 23.0 Å². The predicted molar refractivity (Wildman–Crippen MR) is 83.0 cm³/mol. The number of hydrogen-bond acceptors (Lipinski definition) is 7. The first-order valence-corrected chi connectivity index (χ1v) is 7.36. The first-order valence-electron chi connectivity index (χ1n) is 7.36. The summed E-state index contributed by atoms with van der Waals surface area (Å²) in [6.07, 6.45) is 3.18. The van der Waals surface area contributed by atoms with Crippen LogP contribution in [0.25, 0.3) is 11.2 Å². The number of carboxylic acids is 1. The molecular formula is C14H21N5O4. The average molecular weight is 323 g/mol. The summed E-state index contributed by atoms with van der Waals surface area (Å²) in [6.45, 7) is 3.35. The van der Waals surface area contributed by atoms with E-state index in [-0.39, 0.29) is 19.1 Å². The molecule has 0 aliphatic rings. The number of aliphatic hydroxyl groups is 2. The molecule has 9 heteroatoms. The Morgan fingerprint density at radius 3 is 2.52 bits per heavy atom. The first kappa shape index (κ1) is 17.1. The van der Waals surface area contributed by atoms with Gasteiger partial charge in [0.2, 0.25) is 0 Å². The van der Waals surface area contributed by atoms with Crippen molar-refractivity contribution in [1.29, 1.82) is 0 Å². The maximum Gasteiger partial charge on any atom is 0.326 e. The molecule has 9 nitrogen and oxygen atoms in total. The Labute approximate surface area is 133 Å². The molecule has 0 radical (unpaired) electrons. The summed E-state index contributed by atoms with van der Waals surface area (Å²) in [7, 11) is 0. The zero-order valence-electron chi connectivity index (χ0n) is 13.0. The number of aliphatic hydroxyl groups excluding tert-OH is 2. The molecule has 0 aromatic carbocycles. The Balaban J connectivity index is 2.36. The molecule has 0 bridgehead atoms. The van der Waals surface area contributed by atoms with Gasteiger partial charge in [0, 0.05) is 0 Å². The Morgan fingerprint density at radius 2 is 1.96 bits per heavy atom. The maximum atomic E-state index is 11.4. The van der Waals surface area contributed by atoms with Gasteiger partial charge in [0.05, 0.1) is 25.6 Å². The monoisotopic (exact) mass is 323 g/mol. The van der Waals surface area contributed by atoms with Crippen molar-refractivity contribution in [3.63, 3.8) is 0 Å². The normalized spacial score (nSPS) is 13.0. The fraction of sp³-hybridized carbons (Fsp3) is 0.571. The Bertz CT molecular complexity index is 668. The van der Waals surface area contributed by atoms with E-state index in [1.165, 1.54) is 12.7 Å². The van der Waals surface area contributed by atoms with Crippen LogP contribution >= 0.6 is 0 Å². The van der Waals surface area contributed by atoms with E-state index in [9.17, 15) is 20.1 Å². The average Bonchev–Trinajstić information content (AvgIpc) is 2.92. The SMILES string of the molecule is CC(C)CC(Nc1ncnc2c1ncn2C(CO)CO)C(=O)O. The van der Waals surface area contributed by atoms with Crippen LogP contribution in [-0.4, -0.2) is 60.1 Å². The van der Waals surface area contributed by atoms with Crippen molar-refractivity contribution in [2.45, 2.75) is 32.4 Å². The van der Waals surface area contributed by atoms with Crippen molar-refractivity contribution in [2.75, 3.05) is 18.5 Å². The van der Waals surface area contributed by atoms with Gasteiger partial charge in [0.1, 0.15) is 17.9 Å². The molecule has 0 fully saturated rings. The molecule has 0 spiro atoms. The lowest BCUT2D eigenvalue weighted by Crippen LogP contribution is -2.31. The highest BCUT2D eigenvalue weighted by molar-refractivity contribution is 5.86. The van der Waals surface area contributed by atoms with Crippen molar-refractivity contribution in [1.82, 2.24) is 19.5 Å². The van der Waals surface area contributed by atoms with E-state index in [0.717, 1.165) is 0 Å². The number of aromatic nitrogens is 4. The molecule has 4 N–H and O–H groups in total. The molecule has 0 saturated carbocycles. The minimum atomic E-state index is -0.964. The Morgan fingerprint density at radius 1 is 1.26 bits per heavy atom. The molecule has 126 valence electrons. The van der Waals surface area contributed by atoms with Gasteiger partial charge in [-0.25, -0.2) is 19.7 Å². The van der Waals surface area contributed by atoms with E-state index in [1.807, 2.05) is 13.8 Å². The summed E-state index contributed by atoms with van der Waals surface area (Å²) in [6, 6.07) is -1.35. The van der Waals surface area contributed by atoms with E-state index in [4.69, 9.17) is 0 Å². The zero-order chi connectivity index (χ0) is 17.0. The van der Waals surface area contributed by atoms with Crippen molar-refractivity contribution in [2.24, 2.45) is 5.92 Å². The number of anilines is 1. The van der Waals surface area contributed by atoms with Crippen molar-refractivity contribution in [3.05, 3.63) is 12.7 Å². The van der Waals surface area contributed by atoms with E-state index < -0.39 is 18.1 Å². The van der Waals surface area contributed by atoms with Crippen molar-refractivity contribution in [3.8, 4) is 0 Å². The standard InChI is InChI=1S/C14H21N5O4/c1-8(2)3-10(14(22)23)18-12-11-13(16-6-15-12)19(7-17-11)9(4-20)5-21/h6-10,20-21H,3-5H2,1-2H3,(H,22,23)(H,15,16,18). The molecule has 2 aromatic rings. The smallest absolute Gasteiger partial charge is 0.326 e. The molecule has 2 rings (SSSR count). The van der Waals surface area contributed by atoms with Gasteiger partial charge in [-0.2, -0.15) is 0 Å². The number of imidazole rings is 1. The van der Waals surface area contributed by atoms with Crippen LogP contribution in [0, 0.1) is 5.92 Å². The molecule has 23 heavy (non-hydrogen) atoms. The Kier molecular flexibility index (Phi) is 5.45. The topological polar surface area (TPSA) is 133 Å². The summed E-state index contributed by atoms with van der Waals surface area (Å²) in [5.41, 5.74) is 0.818. The van der Waals surface area contributed by atoms with E-state index >= 15 is 0 Å². The predicted octanol–water partition coefficient (Wildman–Crippen LogP) is 0.263. The third-order valence-corrected chi connectivity index (χ3v) is 3.49. The third-order valence-electron chi connectivity index (χ3n) is 3.49.